The molecule has 0 spiro atoms. The van der Waals surface area contributed by atoms with Crippen molar-refractivity contribution in [1.82, 2.24) is 0 Å². The van der Waals surface area contributed by atoms with Gasteiger partial charge in [0.05, 0.1) is 0 Å². The quantitative estimate of drug-likeness (QED) is 0.393. The van der Waals surface area contributed by atoms with Crippen molar-refractivity contribution >= 4 is 11.6 Å². The van der Waals surface area contributed by atoms with E-state index >= 15 is 0 Å². The standard InChI is InChI=1S/C6H7O2/c1-3-5(7)6(8)4-2/h1,3H,4H2,2H3. The Balaban J connectivity index is 3.82. The lowest BCUT2D eigenvalue weighted by molar-refractivity contribution is -0.133. The molecule has 0 aromatic carbocycles. The highest BCUT2D eigenvalue weighted by Crippen LogP contribution is 1.82. The summed E-state index contributed by atoms with van der Waals surface area (Å²) in [6.45, 7) is 6.37. The number of ketones is 2. The van der Waals surface area contributed by atoms with E-state index in [-0.39, 0.29) is 6.42 Å². The smallest absolute Gasteiger partial charge is 0.221 e. The summed E-state index contributed by atoms with van der Waals surface area (Å²) in [6, 6.07) is 0. The van der Waals surface area contributed by atoms with Crippen LogP contribution in [0.3, 0.4) is 0 Å². The van der Waals surface area contributed by atoms with Gasteiger partial charge in [-0.2, -0.15) is 0 Å². The molecule has 0 N–H and O–H groups in total. The lowest BCUT2D eigenvalue weighted by Crippen LogP contribution is -2.07. The lowest BCUT2D eigenvalue weighted by atomic mass is 10.2. The average molecular weight is 111 g/mol. The van der Waals surface area contributed by atoms with Gasteiger partial charge >= 0.3 is 0 Å². The first-order valence-corrected chi connectivity index (χ1v) is 2.34. The second-order valence-corrected chi connectivity index (χ2v) is 1.31. The number of Topliss-reactive ketones (excluding diaryl/α,β-unsaturated/α-hetero) is 1. The normalized spacial score (nSPS) is 8.12. The van der Waals surface area contributed by atoms with Gasteiger partial charge in [0.2, 0.25) is 11.6 Å². The van der Waals surface area contributed by atoms with Gasteiger partial charge < -0.3 is 0 Å². The predicted molar refractivity (Wildman–Crippen MR) is 29.2 cm³/mol. The Labute approximate surface area is 48.2 Å². The Morgan fingerprint density at radius 3 is 2.25 bits per heavy atom. The molecule has 1 radical (unpaired) electrons. The van der Waals surface area contributed by atoms with Crippen molar-refractivity contribution in [2.75, 3.05) is 0 Å². The lowest BCUT2D eigenvalue weighted by Gasteiger charge is -1.83. The maximum absolute atomic E-state index is 10.3. The van der Waals surface area contributed by atoms with Crippen LogP contribution in [0.1, 0.15) is 13.3 Å². The fourth-order valence-electron chi connectivity index (χ4n) is 0.267. The number of hydrogen-bond donors (Lipinski definition) is 0. The van der Waals surface area contributed by atoms with Crippen molar-refractivity contribution in [2.24, 2.45) is 0 Å². The van der Waals surface area contributed by atoms with E-state index in [1.807, 2.05) is 0 Å². The molecule has 2 heteroatoms. The Kier molecular flexibility index (Phi) is 2.77. The Morgan fingerprint density at radius 1 is 1.62 bits per heavy atom. The summed E-state index contributed by atoms with van der Waals surface area (Å²) in [5, 5.41) is 0. The summed E-state index contributed by atoms with van der Waals surface area (Å²) < 4.78 is 0. The molecule has 2 nitrogen and oxygen atoms in total. The zero-order valence-corrected chi connectivity index (χ0v) is 4.68. The van der Waals surface area contributed by atoms with Gasteiger partial charge in [-0.1, -0.05) is 13.5 Å². The molecule has 0 aromatic heterocycles. The maximum atomic E-state index is 10.3. The molecule has 0 aliphatic carbocycles. The van der Waals surface area contributed by atoms with Crippen LogP contribution in [0.5, 0.6) is 0 Å². The molecule has 0 heterocycles. The van der Waals surface area contributed by atoms with E-state index in [1.165, 1.54) is 0 Å². The van der Waals surface area contributed by atoms with Gasteiger partial charge in [0, 0.05) is 6.42 Å². The first-order chi connectivity index (χ1) is 3.72. The third-order valence-corrected chi connectivity index (χ3v) is 0.747. The van der Waals surface area contributed by atoms with Crippen molar-refractivity contribution in [2.45, 2.75) is 13.3 Å². The van der Waals surface area contributed by atoms with Crippen LogP contribution < -0.4 is 0 Å². The van der Waals surface area contributed by atoms with Gasteiger partial charge in [-0.15, -0.1) is 0 Å². The van der Waals surface area contributed by atoms with Crippen LogP contribution in [-0.2, 0) is 9.59 Å². The number of carbonyl (C=O) groups excluding carboxylic acids is 2. The molecule has 0 unspecified atom stereocenters. The van der Waals surface area contributed by atoms with E-state index in [1.54, 1.807) is 6.92 Å². The van der Waals surface area contributed by atoms with Gasteiger partial charge in [-0.25, -0.2) is 0 Å². The molecule has 0 rings (SSSR count). The van der Waals surface area contributed by atoms with E-state index in [9.17, 15) is 9.59 Å². The van der Waals surface area contributed by atoms with E-state index in [0.717, 1.165) is 6.08 Å². The van der Waals surface area contributed by atoms with Crippen LogP contribution in [0.2, 0.25) is 0 Å². The summed E-state index contributed by atoms with van der Waals surface area (Å²) in [6.07, 6.45) is 1.01. The summed E-state index contributed by atoms with van der Waals surface area (Å²) in [5.74, 6) is -1.04. The highest BCUT2D eigenvalue weighted by Gasteiger charge is 2.03. The van der Waals surface area contributed by atoms with E-state index < -0.39 is 11.6 Å². The SMILES string of the molecule is [CH]=CC(=O)C(=O)CC. The predicted octanol–water partition coefficient (Wildman–Crippen LogP) is 0.524. The number of rotatable bonds is 3. The molecule has 0 bridgehead atoms. The molecule has 0 saturated heterocycles. The van der Waals surface area contributed by atoms with Gasteiger partial charge in [-0.05, 0) is 6.08 Å². The van der Waals surface area contributed by atoms with Gasteiger partial charge in [0.15, 0.2) is 0 Å². The Morgan fingerprint density at radius 2 is 2.12 bits per heavy atom. The summed E-state index contributed by atoms with van der Waals surface area (Å²) in [5.41, 5.74) is 0. The zero-order chi connectivity index (χ0) is 6.57. The van der Waals surface area contributed by atoms with E-state index in [2.05, 4.69) is 0 Å². The Bertz CT molecular complexity index is 124. The first kappa shape index (κ1) is 7.08. The van der Waals surface area contributed by atoms with Gasteiger partial charge in [0.25, 0.3) is 0 Å². The molecule has 0 saturated carbocycles. The number of hydrogen-bond acceptors (Lipinski definition) is 2. The van der Waals surface area contributed by atoms with Crippen LogP contribution in [0.25, 0.3) is 0 Å². The molecule has 0 aliphatic rings. The summed E-state index contributed by atoms with van der Waals surface area (Å²) >= 11 is 0. The van der Waals surface area contributed by atoms with Crippen molar-refractivity contribution in [3.63, 3.8) is 0 Å². The van der Waals surface area contributed by atoms with Gasteiger partial charge in [-0.3, -0.25) is 9.59 Å². The van der Waals surface area contributed by atoms with Crippen LogP contribution in [-0.4, -0.2) is 11.6 Å². The molecular weight excluding hydrogens is 104 g/mol. The zero-order valence-electron chi connectivity index (χ0n) is 4.68. The fraction of sp³-hybridized carbons (Fsp3) is 0.333. The molecule has 8 heavy (non-hydrogen) atoms. The van der Waals surface area contributed by atoms with Crippen molar-refractivity contribution in [3.8, 4) is 0 Å². The highest BCUT2D eigenvalue weighted by atomic mass is 16.2. The number of allylic oxidation sites excluding steroid dienone is 1. The molecular formula is C6H7O2. The Hall–Kier alpha value is -0.920. The minimum atomic E-state index is -0.604. The van der Waals surface area contributed by atoms with Crippen LogP contribution >= 0.6 is 0 Å². The minimum Gasteiger partial charge on any atom is -0.291 e. The topological polar surface area (TPSA) is 34.1 Å². The van der Waals surface area contributed by atoms with Crippen molar-refractivity contribution < 1.29 is 9.59 Å². The molecule has 43 valence electrons. The summed E-state index contributed by atoms with van der Waals surface area (Å²) in [4.78, 5) is 20.5. The monoisotopic (exact) mass is 111 g/mol. The van der Waals surface area contributed by atoms with Crippen LogP contribution in [0, 0.1) is 6.58 Å². The highest BCUT2D eigenvalue weighted by molar-refractivity contribution is 6.41. The maximum Gasteiger partial charge on any atom is 0.221 e. The first-order valence-electron chi connectivity index (χ1n) is 2.34. The molecule has 0 aromatic rings. The second kappa shape index (κ2) is 3.13. The second-order valence-electron chi connectivity index (χ2n) is 1.31. The summed E-state index contributed by atoms with van der Waals surface area (Å²) in [7, 11) is 0. The molecule has 0 fully saturated rings. The molecule has 0 aliphatic heterocycles. The number of carbonyl (C=O) groups is 2. The van der Waals surface area contributed by atoms with Crippen LogP contribution in [0.4, 0.5) is 0 Å². The van der Waals surface area contributed by atoms with Crippen molar-refractivity contribution in [3.05, 3.63) is 12.7 Å². The van der Waals surface area contributed by atoms with Gasteiger partial charge in [0.1, 0.15) is 0 Å². The minimum absolute atomic E-state index is 0.229. The third-order valence-electron chi connectivity index (χ3n) is 0.747. The van der Waals surface area contributed by atoms with Crippen LogP contribution in [0.15, 0.2) is 6.08 Å². The molecule has 0 amide bonds. The van der Waals surface area contributed by atoms with Crippen molar-refractivity contribution in [1.29, 1.82) is 0 Å². The van der Waals surface area contributed by atoms with E-state index in [4.69, 9.17) is 6.58 Å². The third kappa shape index (κ3) is 1.69. The molecule has 0 atom stereocenters. The fourth-order valence-corrected chi connectivity index (χ4v) is 0.267. The average Bonchev–Trinajstić information content (AvgIpc) is 1.84. The largest absolute Gasteiger partial charge is 0.291 e. The van der Waals surface area contributed by atoms with E-state index in [0.29, 0.717) is 0 Å².